The van der Waals surface area contributed by atoms with Gasteiger partial charge in [0.1, 0.15) is 5.75 Å². The van der Waals surface area contributed by atoms with Crippen molar-refractivity contribution in [1.29, 1.82) is 0 Å². The molecule has 2 amide bonds. The molecule has 132 valence electrons. The van der Waals surface area contributed by atoms with Crippen molar-refractivity contribution in [2.24, 2.45) is 0 Å². The largest absolute Gasteiger partial charge is 0.496 e. The highest BCUT2D eigenvalue weighted by atomic mass is 16.5. The van der Waals surface area contributed by atoms with Crippen LogP contribution in [0.1, 0.15) is 49.0 Å². The smallest absolute Gasteiger partial charge is 0.257 e. The second-order valence-electron chi connectivity index (χ2n) is 6.16. The van der Waals surface area contributed by atoms with Crippen LogP contribution in [0.25, 0.3) is 0 Å². The summed E-state index contributed by atoms with van der Waals surface area (Å²) in [7, 11) is 1.59. The molecule has 0 bridgehead atoms. The average molecular weight is 332 g/mol. The Bertz CT molecular complexity index is 578. The minimum absolute atomic E-state index is 0.0113. The topological polar surface area (TPSA) is 49.9 Å². The van der Waals surface area contributed by atoms with E-state index in [0.717, 1.165) is 24.8 Å². The summed E-state index contributed by atoms with van der Waals surface area (Å²) in [5, 5.41) is 0. The van der Waals surface area contributed by atoms with Crippen LogP contribution in [-0.2, 0) is 11.2 Å². The van der Waals surface area contributed by atoms with Crippen LogP contribution in [0.4, 0.5) is 0 Å². The minimum atomic E-state index is -0.0113. The van der Waals surface area contributed by atoms with Gasteiger partial charge in [-0.25, -0.2) is 0 Å². The molecule has 0 saturated carbocycles. The van der Waals surface area contributed by atoms with Gasteiger partial charge in [0.05, 0.1) is 12.7 Å². The summed E-state index contributed by atoms with van der Waals surface area (Å²) in [6, 6.07) is 5.76. The Morgan fingerprint density at radius 1 is 1.08 bits per heavy atom. The molecule has 5 heteroatoms. The lowest BCUT2D eigenvalue weighted by molar-refractivity contribution is -0.132. The van der Waals surface area contributed by atoms with Gasteiger partial charge < -0.3 is 14.5 Å². The SMILES string of the molecule is CCCCC(=O)N1CCN(C(=O)c2cc(CC)ccc2OC)CC1. The van der Waals surface area contributed by atoms with Gasteiger partial charge in [-0.3, -0.25) is 9.59 Å². The zero-order valence-corrected chi connectivity index (χ0v) is 15.0. The lowest BCUT2D eigenvalue weighted by atomic mass is 10.1. The van der Waals surface area contributed by atoms with E-state index in [4.69, 9.17) is 4.74 Å². The highest BCUT2D eigenvalue weighted by Crippen LogP contribution is 2.23. The normalized spacial score (nSPS) is 14.6. The van der Waals surface area contributed by atoms with Gasteiger partial charge in [-0.15, -0.1) is 0 Å². The first-order valence-electron chi connectivity index (χ1n) is 8.84. The molecule has 5 nitrogen and oxygen atoms in total. The van der Waals surface area contributed by atoms with Crippen LogP contribution in [0.5, 0.6) is 5.75 Å². The number of benzene rings is 1. The number of carbonyl (C=O) groups is 2. The van der Waals surface area contributed by atoms with Gasteiger partial charge in [0, 0.05) is 32.6 Å². The summed E-state index contributed by atoms with van der Waals surface area (Å²) in [5.41, 5.74) is 1.73. The van der Waals surface area contributed by atoms with Crippen molar-refractivity contribution in [2.75, 3.05) is 33.3 Å². The number of aryl methyl sites for hydroxylation is 1. The predicted molar refractivity (Wildman–Crippen MR) is 94.4 cm³/mol. The highest BCUT2D eigenvalue weighted by Gasteiger charge is 2.26. The number of unbranched alkanes of at least 4 members (excludes halogenated alkanes) is 1. The van der Waals surface area contributed by atoms with Crippen molar-refractivity contribution in [3.05, 3.63) is 29.3 Å². The van der Waals surface area contributed by atoms with Gasteiger partial charge in [-0.2, -0.15) is 0 Å². The first-order chi connectivity index (χ1) is 11.6. The maximum Gasteiger partial charge on any atom is 0.257 e. The fraction of sp³-hybridized carbons (Fsp3) is 0.579. The van der Waals surface area contributed by atoms with E-state index >= 15 is 0 Å². The zero-order valence-electron chi connectivity index (χ0n) is 15.0. The molecule has 0 spiro atoms. The van der Waals surface area contributed by atoms with Gasteiger partial charge in [-0.05, 0) is 30.5 Å². The Kier molecular flexibility index (Phi) is 6.64. The summed E-state index contributed by atoms with van der Waals surface area (Å²) in [6.45, 7) is 6.54. The fourth-order valence-electron chi connectivity index (χ4n) is 2.96. The molecule has 1 aromatic rings. The average Bonchev–Trinajstić information content (AvgIpc) is 2.65. The summed E-state index contributed by atoms with van der Waals surface area (Å²) >= 11 is 0. The van der Waals surface area contributed by atoms with E-state index in [-0.39, 0.29) is 11.8 Å². The lowest BCUT2D eigenvalue weighted by Gasteiger charge is -2.35. The molecule has 0 radical (unpaired) electrons. The maximum atomic E-state index is 12.8. The van der Waals surface area contributed by atoms with Gasteiger partial charge >= 0.3 is 0 Å². The van der Waals surface area contributed by atoms with E-state index in [2.05, 4.69) is 13.8 Å². The Morgan fingerprint density at radius 2 is 1.75 bits per heavy atom. The molecule has 1 aliphatic rings. The number of ether oxygens (including phenoxy) is 1. The Labute approximate surface area is 144 Å². The van der Waals surface area contributed by atoms with Crippen molar-refractivity contribution in [3.63, 3.8) is 0 Å². The molecule has 0 unspecified atom stereocenters. The Morgan fingerprint density at radius 3 is 2.33 bits per heavy atom. The highest BCUT2D eigenvalue weighted by molar-refractivity contribution is 5.97. The molecule has 1 aliphatic heterocycles. The standard InChI is InChI=1S/C19H28N2O3/c1-4-6-7-18(22)20-10-12-21(13-11-20)19(23)16-14-15(5-2)8-9-17(16)24-3/h8-9,14H,4-7,10-13H2,1-3H3. The van der Waals surface area contributed by atoms with Crippen LogP contribution in [0.15, 0.2) is 18.2 Å². The van der Waals surface area contributed by atoms with Crippen molar-refractivity contribution >= 4 is 11.8 Å². The van der Waals surface area contributed by atoms with Gasteiger partial charge in [-0.1, -0.05) is 26.3 Å². The number of hydrogen-bond donors (Lipinski definition) is 0. The van der Waals surface area contributed by atoms with Gasteiger partial charge in [0.25, 0.3) is 5.91 Å². The molecule has 0 aliphatic carbocycles. The van der Waals surface area contributed by atoms with E-state index in [9.17, 15) is 9.59 Å². The van der Waals surface area contributed by atoms with Crippen LogP contribution in [0.2, 0.25) is 0 Å². The molecular weight excluding hydrogens is 304 g/mol. The van der Waals surface area contributed by atoms with Crippen molar-refractivity contribution < 1.29 is 14.3 Å². The number of methoxy groups -OCH3 is 1. The quantitative estimate of drug-likeness (QED) is 0.805. The monoisotopic (exact) mass is 332 g/mol. The minimum Gasteiger partial charge on any atom is -0.496 e. The third kappa shape index (κ3) is 4.28. The van der Waals surface area contributed by atoms with Crippen LogP contribution in [-0.4, -0.2) is 54.9 Å². The first kappa shape index (κ1) is 18.3. The predicted octanol–water partition coefficient (Wildman–Crippen LogP) is 2.73. The lowest BCUT2D eigenvalue weighted by Crippen LogP contribution is -2.50. The molecule has 2 rings (SSSR count). The number of amides is 2. The first-order valence-corrected chi connectivity index (χ1v) is 8.84. The third-order valence-corrected chi connectivity index (χ3v) is 4.57. The third-order valence-electron chi connectivity index (χ3n) is 4.57. The molecule has 24 heavy (non-hydrogen) atoms. The molecule has 0 N–H and O–H groups in total. The van der Waals surface area contributed by atoms with E-state index in [1.165, 1.54) is 0 Å². The van der Waals surface area contributed by atoms with Crippen molar-refractivity contribution in [2.45, 2.75) is 39.5 Å². The summed E-state index contributed by atoms with van der Waals surface area (Å²) in [4.78, 5) is 28.6. The number of rotatable bonds is 6. The number of carbonyl (C=O) groups excluding carboxylic acids is 2. The van der Waals surface area contributed by atoms with Crippen LogP contribution in [0.3, 0.4) is 0 Å². The number of piperazine rings is 1. The van der Waals surface area contributed by atoms with Crippen LogP contribution >= 0.6 is 0 Å². The number of hydrogen-bond acceptors (Lipinski definition) is 3. The summed E-state index contributed by atoms with van der Waals surface area (Å²) in [6.07, 6.45) is 3.44. The maximum absolute atomic E-state index is 12.8. The van der Waals surface area contributed by atoms with Crippen molar-refractivity contribution in [1.82, 2.24) is 9.80 Å². The Hall–Kier alpha value is -2.04. The van der Waals surface area contributed by atoms with E-state index < -0.39 is 0 Å². The second kappa shape index (κ2) is 8.71. The summed E-state index contributed by atoms with van der Waals surface area (Å²) in [5.74, 6) is 0.802. The van der Waals surface area contributed by atoms with E-state index in [1.807, 2.05) is 28.0 Å². The molecule has 1 aromatic carbocycles. The van der Waals surface area contributed by atoms with Crippen LogP contribution in [0, 0.1) is 0 Å². The molecule has 1 saturated heterocycles. The molecule has 1 heterocycles. The Balaban J connectivity index is 2.01. The molecule has 0 aromatic heterocycles. The van der Waals surface area contributed by atoms with E-state index in [0.29, 0.717) is 43.9 Å². The molecule has 0 atom stereocenters. The summed E-state index contributed by atoms with van der Waals surface area (Å²) < 4.78 is 5.35. The number of nitrogens with zero attached hydrogens (tertiary/aromatic N) is 2. The van der Waals surface area contributed by atoms with Gasteiger partial charge in [0.2, 0.25) is 5.91 Å². The second-order valence-corrected chi connectivity index (χ2v) is 6.16. The fourth-order valence-corrected chi connectivity index (χ4v) is 2.96. The molecular formula is C19H28N2O3. The van der Waals surface area contributed by atoms with Gasteiger partial charge in [0.15, 0.2) is 0 Å². The molecule has 1 fully saturated rings. The van der Waals surface area contributed by atoms with Crippen LogP contribution < -0.4 is 4.74 Å². The van der Waals surface area contributed by atoms with E-state index in [1.54, 1.807) is 7.11 Å². The van der Waals surface area contributed by atoms with Crippen molar-refractivity contribution in [3.8, 4) is 5.75 Å². The zero-order chi connectivity index (χ0) is 17.5.